The minimum atomic E-state index is -0.249. The first-order valence-electron chi connectivity index (χ1n) is 6.33. The van der Waals surface area contributed by atoms with E-state index in [4.69, 9.17) is 4.74 Å². The molecule has 0 atom stereocenters. The lowest BCUT2D eigenvalue weighted by atomic mass is 10.3. The van der Waals surface area contributed by atoms with Crippen molar-refractivity contribution in [2.45, 2.75) is 6.61 Å². The molecular weight excluding hydrogens is 270 g/mol. The molecule has 0 fully saturated rings. The molecule has 0 bridgehead atoms. The Morgan fingerprint density at radius 3 is 2.86 bits per heavy atom. The van der Waals surface area contributed by atoms with Crippen LogP contribution in [0.3, 0.4) is 0 Å². The molecule has 1 aromatic carbocycles. The number of aromatic amines is 1. The molecule has 1 N–H and O–H groups in total. The van der Waals surface area contributed by atoms with Crippen molar-refractivity contribution in [2.24, 2.45) is 0 Å². The number of rotatable bonds is 4. The number of hydrogen-bond acceptors (Lipinski definition) is 5. The van der Waals surface area contributed by atoms with Gasteiger partial charge in [-0.15, -0.1) is 5.10 Å². The number of benzene rings is 1. The maximum Gasteiger partial charge on any atom is 0.251 e. The largest absolute Gasteiger partial charge is 0.378 e. The lowest BCUT2D eigenvalue weighted by Crippen LogP contribution is -2.11. The van der Waals surface area contributed by atoms with Crippen molar-refractivity contribution in [2.75, 3.05) is 7.11 Å². The van der Waals surface area contributed by atoms with Gasteiger partial charge in [0.2, 0.25) is 0 Å². The molecule has 7 heteroatoms. The molecule has 2 heterocycles. The third-order valence-electron chi connectivity index (χ3n) is 2.81. The summed E-state index contributed by atoms with van der Waals surface area (Å²) < 4.78 is 4.99. The quantitative estimate of drug-likeness (QED) is 0.776. The zero-order valence-electron chi connectivity index (χ0n) is 11.4. The van der Waals surface area contributed by atoms with Gasteiger partial charge in [-0.1, -0.05) is 18.2 Å². The van der Waals surface area contributed by atoms with Crippen molar-refractivity contribution in [3.8, 4) is 17.2 Å². The molecule has 0 saturated carbocycles. The summed E-state index contributed by atoms with van der Waals surface area (Å²) in [6, 6.07) is 10.9. The van der Waals surface area contributed by atoms with E-state index in [1.54, 1.807) is 13.3 Å². The van der Waals surface area contributed by atoms with Crippen molar-refractivity contribution in [1.82, 2.24) is 25.0 Å². The molecule has 0 radical (unpaired) electrons. The van der Waals surface area contributed by atoms with E-state index >= 15 is 0 Å². The van der Waals surface area contributed by atoms with Crippen LogP contribution in [0.2, 0.25) is 0 Å². The molecule has 0 spiro atoms. The number of methoxy groups -OCH3 is 1. The van der Waals surface area contributed by atoms with E-state index in [2.05, 4.69) is 20.2 Å². The first kappa shape index (κ1) is 13.2. The molecule has 0 aliphatic heterocycles. The van der Waals surface area contributed by atoms with Crippen LogP contribution in [0, 0.1) is 0 Å². The Morgan fingerprint density at radius 1 is 1.29 bits per heavy atom. The summed E-state index contributed by atoms with van der Waals surface area (Å²) in [5, 5.41) is 8.51. The van der Waals surface area contributed by atoms with Crippen LogP contribution in [-0.4, -0.2) is 32.1 Å². The molecule has 0 amide bonds. The molecule has 2 aromatic heterocycles. The fraction of sp³-hybridized carbons (Fsp3) is 0.143. The van der Waals surface area contributed by atoms with E-state index < -0.39 is 0 Å². The molecule has 106 valence electrons. The number of para-hydroxylation sites is 1. The van der Waals surface area contributed by atoms with Crippen LogP contribution in [0.1, 0.15) is 5.69 Å². The van der Waals surface area contributed by atoms with Crippen LogP contribution < -0.4 is 5.56 Å². The summed E-state index contributed by atoms with van der Waals surface area (Å²) in [7, 11) is 1.55. The SMILES string of the molecule is COCc1cc(=O)[nH]c(-c2cnn(-c3ccccc3)n2)n1. The minimum absolute atomic E-state index is 0.249. The van der Waals surface area contributed by atoms with Crippen molar-refractivity contribution in [1.29, 1.82) is 0 Å². The number of ether oxygens (including phenoxy) is 1. The average molecular weight is 283 g/mol. The van der Waals surface area contributed by atoms with Crippen LogP contribution >= 0.6 is 0 Å². The third-order valence-corrected chi connectivity index (χ3v) is 2.81. The van der Waals surface area contributed by atoms with Crippen LogP contribution in [0.5, 0.6) is 0 Å². The molecule has 3 aromatic rings. The number of nitrogens with one attached hydrogen (secondary N) is 1. The molecule has 0 saturated heterocycles. The van der Waals surface area contributed by atoms with E-state index in [9.17, 15) is 4.79 Å². The molecule has 7 nitrogen and oxygen atoms in total. The van der Waals surface area contributed by atoms with Crippen LogP contribution in [0.25, 0.3) is 17.2 Å². The van der Waals surface area contributed by atoms with Gasteiger partial charge in [-0.05, 0) is 12.1 Å². The third kappa shape index (κ3) is 2.87. The lowest BCUT2D eigenvalue weighted by molar-refractivity contribution is 0.181. The smallest absolute Gasteiger partial charge is 0.251 e. The Bertz CT molecular complexity index is 794. The van der Waals surface area contributed by atoms with Gasteiger partial charge in [-0.2, -0.15) is 9.90 Å². The highest BCUT2D eigenvalue weighted by molar-refractivity contribution is 5.47. The standard InChI is InChI=1S/C14H13N5O2/c1-21-9-10-7-13(20)17-14(16-10)12-8-15-19(18-12)11-5-3-2-4-6-11/h2-8H,9H2,1H3,(H,16,17,20). The highest BCUT2D eigenvalue weighted by atomic mass is 16.5. The lowest BCUT2D eigenvalue weighted by Gasteiger charge is -2.01. The van der Waals surface area contributed by atoms with Crippen LogP contribution in [0.15, 0.2) is 47.4 Å². The fourth-order valence-electron chi connectivity index (χ4n) is 1.91. The maximum atomic E-state index is 11.6. The number of aromatic nitrogens is 5. The zero-order chi connectivity index (χ0) is 14.7. The van der Waals surface area contributed by atoms with Gasteiger partial charge in [0.25, 0.3) is 5.56 Å². The van der Waals surface area contributed by atoms with E-state index in [1.807, 2.05) is 30.3 Å². The van der Waals surface area contributed by atoms with Crippen LogP contribution in [-0.2, 0) is 11.3 Å². The predicted octanol–water partition coefficient (Wildman–Crippen LogP) is 1.16. The first-order chi connectivity index (χ1) is 10.3. The van der Waals surface area contributed by atoms with Crippen molar-refractivity contribution in [3.05, 3.63) is 58.6 Å². The van der Waals surface area contributed by atoms with Gasteiger partial charge in [0.15, 0.2) is 5.82 Å². The van der Waals surface area contributed by atoms with Gasteiger partial charge >= 0.3 is 0 Å². The summed E-state index contributed by atoms with van der Waals surface area (Å²) in [6.45, 7) is 0.268. The Balaban J connectivity index is 1.98. The summed E-state index contributed by atoms with van der Waals surface area (Å²) in [6.07, 6.45) is 1.56. The van der Waals surface area contributed by atoms with Gasteiger partial charge < -0.3 is 9.72 Å². The maximum absolute atomic E-state index is 11.6. The van der Waals surface area contributed by atoms with E-state index in [0.29, 0.717) is 17.2 Å². The Labute approximate surface area is 120 Å². The molecule has 0 unspecified atom stereocenters. The Kier molecular flexibility index (Phi) is 3.57. The minimum Gasteiger partial charge on any atom is -0.378 e. The second-order valence-electron chi connectivity index (χ2n) is 4.37. The zero-order valence-corrected chi connectivity index (χ0v) is 11.4. The van der Waals surface area contributed by atoms with Gasteiger partial charge in [0.05, 0.1) is 24.2 Å². The Morgan fingerprint density at radius 2 is 2.10 bits per heavy atom. The summed E-state index contributed by atoms with van der Waals surface area (Å²) in [5.41, 5.74) is 1.62. The van der Waals surface area contributed by atoms with Crippen molar-refractivity contribution >= 4 is 0 Å². The van der Waals surface area contributed by atoms with Crippen LogP contribution in [0.4, 0.5) is 0 Å². The van der Waals surface area contributed by atoms with Gasteiger partial charge in [-0.25, -0.2) is 4.98 Å². The van der Waals surface area contributed by atoms with Gasteiger partial charge in [0, 0.05) is 13.2 Å². The van der Waals surface area contributed by atoms with E-state index in [0.717, 1.165) is 5.69 Å². The highest BCUT2D eigenvalue weighted by Crippen LogP contribution is 2.11. The highest BCUT2D eigenvalue weighted by Gasteiger charge is 2.09. The topological polar surface area (TPSA) is 85.7 Å². The number of nitrogens with zero attached hydrogens (tertiary/aromatic N) is 4. The number of hydrogen-bond donors (Lipinski definition) is 1. The van der Waals surface area contributed by atoms with E-state index in [1.165, 1.54) is 10.9 Å². The molecule has 0 aliphatic rings. The fourth-order valence-corrected chi connectivity index (χ4v) is 1.91. The Hall–Kier alpha value is -2.80. The molecule has 3 rings (SSSR count). The van der Waals surface area contributed by atoms with Crippen molar-refractivity contribution in [3.63, 3.8) is 0 Å². The number of H-pyrrole nitrogens is 1. The summed E-state index contributed by atoms with van der Waals surface area (Å²) >= 11 is 0. The second kappa shape index (κ2) is 5.68. The van der Waals surface area contributed by atoms with E-state index in [-0.39, 0.29) is 12.2 Å². The molecule has 21 heavy (non-hydrogen) atoms. The van der Waals surface area contributed by atoms with Gasteiger partial charge in [-0.3, -0.25) is 4.79 Å². The summed E-state index contributed by atoms with van der Waals surface area (Å²) in [5.74, 6) is 0.372. The normalized spacial score (nSPS) is 10.7. The predicted molar refractivity (Wildman–Crippen MR) is 75.9 cm³/mol. The molecular formula is C14H13N5O2. The first-order valence-corrected chi connectivity index (χ1v) is 6.33. The average Bonchev–Trinajstić information content (AvgIpc) is 2.98. The van der Waals surface area contributed by atoms with Crippen molar-refractivity contribution < 1.29 is 4.74 Å². The second-order valence-corrected chi connectivity index (χ2v) is 4.37. The molecule has 0 aliphatic carbocycles. The van der Waals surface area contributed by atoms with Gasteiger partial charge in [0.1, 0.15) is 5.69 Å². The summed E-state index contributed by atoms with van der Waals surface area (Å²) in [4.78, 5) is 20.1. The monoisotopic (exact) mass is 283 g/mol.